The van der Waals surface area contributed by atoms with E-state index in [1.54, 1.807) is 13.2 Å². The Morgan fingerprint density at radius 3 is 2.68 bits per heavy atom. The summed E-state index contributed by atoms with van der Waals surface area (Å²) in [6.45, 7) is 0. The first kappa shape index (κ1) is 14.6. The Balaban J connectivity index is 2.25. The van der Waals surface area contributed by atoms with Crippen LogP contribution in [0.4, 0.5) is 0 Å². The van der Waals surface area contributed by atoms with Crippen LogP contribution >= 0.6 is 34.5 Å². The zero-order valence-corrected chi connectivity index (χ0v) is 12.6. The smallest absolute Gasteiger partial charge is 0.122 e. The number of thiophene rings is 1. The molecule has 0 aliphatic heterocycles. The molecule has 0 saturated heterocycles. The summed E-state index contributed by atoms with van der Waals surface area (Å²) in [5.41, 5.74) is 3.81. The predicted molar refractivity (Wildman–Crippen MR) is 81.1 cm³/mol. The van der Waals surface area contributed by atoms with E-state index in [2.05, 4.69) is 5.43 Å². The quantitative estimate of drug-likeness (QED) is 0.651. The summed E-state index contributed by atoms with van der Waals surface area (Å²) < 4.78 is 6.08. The van der Waals surface area contributed by atoms with Gasteiger partial charge in [-0.15, -0.1) is 11.3 Å². The van der Waals surface area contributed by atoms with Crippen LogP contribution in [0.2, 0.25) is 9.36 Å². The molecule has 2 aromatic rings. The van der Waals surface area contributed by atoms with Crippen molar-refractivity contribution in [1.29, 1.82) is 0 Å². The lowest BCUT2D eigenvalue weighted by molar-refractivity contribution is 0.406. The van der Waals surface area contributed by atoms with Gasteiger partial charge in [0.15, 0.2) is 0 Å². The number of halogens is 2. The minimum Gasteiger partial charge on any atom is -0.496 e. The first-order chi connectivity index (χ1) is 9.13. The molecular weight excluding hydrogens is 303 g/mol. The van der Waals surface area contributed by atoms with Crippen molar-refractivity contribution in [3.8, 4) is 5.75 Å². The van der Waals surface area contributed by atoms with Crippen molar-refractivity contribution in [2.45, 2.75) is 12.5 Å². The molecule has 0 saturated carbocycles. The maximum Gasteiger partial charge on any atom is 0.122 e. The fourth-order valence-corrected chi connectivity index (χ4v) is 3.20. The van der Waals surface area contributed by atoms with Gasteiger partial charge in [0.2, 0.25) is 0 Å². The molecular formula is C13H14Cl2N2OS. The van der Waals surface area contributed by atoms with Gasteiger partial charge in [-0.3, -0.25) is 11.3 Å². The van der Waals surface area contributed by atoms with Crippen molar-refractivity contribution in [3.63, 3.8) is 0 Å². The Labute approximate surface area is 126 Å². The van der Waals surface area contributed by atoms with Gasteiger partial charge < -0.3 is 4.74 Å². The topological polar surface area (TPSA) is 47.3 Å². The van der Waals surface area contributed by atoms with Gasteiger partial charge in [0.1, 0.15) is 5.75 Å². The highest BCUT2D eigenvalue weighted by Crippen LogP contribution is 2.31. The second-order valence-corrected chi connectivity index (χ2v) is 6.20. The largest absolute Gasteiger partial charge is 0.496 e. The minimum absolute atomic E-state index is 0.0233. The third-order valence-electron chi connectivity index (χ3n) is 2.81. The van der Waals surface area contributed by atoms with Crippen LogP contribution < -0.4 is 16.0 Å². The zero-order chi connectivity index (χ0) is 13.8. The maximum absolute atomic E-state index is 6.02. The number of hydrazine groups is 1. The normalized spacial score (nSPS) is 12.4. The van der Waals surface area contributed by atoms with E-state index in [9.17, 15) is 0 Å². The summed E-state index contributed by atoms with van der Waals surface area (Å²) in [4.78, 5) is 1.08. The van der Waals surface area contributed by atoms with E-state index in [0.29, 0.717) is 11.4 Å². The fraction of sp³-hybridized carbons (Fsp3) is 0.231. The number of nitrogens with two attached hydrogens (primary N) is 1. The van der Waals surface area contributed by atoms with Gasteiger partial charge >= 0.3 is 0 Å². The standard InChI is InChI=1S/C13H14Cl2N2OS/c1-18-11-3-2-9(14)6-8(11)7-10(17-16)12-4-5-13(15)19-12/h2-6,10,17H,7,16H2,1H3. The average molecular weight is 317 g/mol. The van der Waals surface area contributed by atoms with Gasteiger partial charge in [0.05, 0.1) is 17.5 Å². The molecule has 0 aliphatic rings. The summed E-state index contributed by atoms with van der Waals surface area (Å²) in [6.07, 6.45) is 0.678. The van der Waals surface area contributed by atoms with Crippen molar-refractivity contribution in [3.05, 3.63) is 50.1 Å². The maximum atomic E-state index is 6.02. The van der Waals surface area contributed by atoms with Crippen LogP contribution in [0.15, 0.2) is 30.3 Å². The van der Waals surface area contributed by atoms with Crippen molar-refractivity contribution in [1.82, 2.24) is 5.43 Å². The molecule has 0 radical (unpaired) electrons. The molecule has 0 aliphatic carbocycles. The second-order valence-electron chi connectivity index (χ2n) is 4.02. The van der Waals surface area contributed by atoms with Crippen LogP contribution in [0.5, 0.6) is 5.75 Å². The van der Waals surface area contributed by atoms with Crippen LogP contribution in [0.3, 0.4) is 0 Å². The first-order valence-corrected chi connectivity index (χ1v) is 7.25. The summed E-state index contributed by atoms with van der Waals surface area (Å²) in [7, 11) is 1.64. The molecule has 3 nitrogen and oxygen atoms in total. The number of ether oxygens (including phenoxy) is 1. The van der Waals surface area contributed by atoms with E-state index >= 15 is 0 Å². The number of hydrogen-bond acceptors (Lipinski definition) is 4. The van der Waals surface area contributed by atoms with Crippen molar-refractivity contribution < 1.29 is 4.74 Å². The summed E-state index contributed by atoms with van der Waals surface area (Å²) in [5.74, 6) is 6.43. The Hall–Kier alpha value is -0.780. The van der Waals surface area contributed by atoms with Crippen LogP contribution in [0.25, 0.3) is 0 Å². The molecule has 3 N–H and O–H groups in total. The number of rotatable bonds is 5. The Bertz CT molecular complexity index is 559. The number of hydrogen-bond donors (Lipinski definition) is 2. The lowest BCUT2D eigenvalue weighted by Crippen LogP contribution is -2.29. The van der Waals surface area contributed by atoms with Crippen LogP contribution in [-0.2, 0) is 6.42 Å². The first-order valence-electron chi connectivity index (χ1n) is 5.68. The highest BCUT2D eigenvalue weighted by atomic mass is 35.5. The van der Waals surface area contributed by atoms with E-state index in [0.717, 1.165) is 20.5 Å². The predicted octanol–water partition coefficient (Wildman–Crippen LogP) is 3.81. The molecule has 0 fully saturated rings. The van der Waals surface area contributed by atoms with Gasteiger partial charge in [-0.2, -0.15) is 0 Å². The van der Waals surface area contributed by atoms with Crippen LogP contribution in [0, 0.1) is 0 Å². The molecule has 0 spiro atoms. The monoisotopic (exact) mass is 316 g/mol. The Morgan fingerprint density at radius 2 is 2.11 bits per heavy atom. The zero-order valence-electron chi connectivity index (χ0n) is 10.3. The van der Waals surface area contributed by atoms with E-state index in [1.807, 2.05) is 24.3 Å². The van der Waals surface area contributed by atoms with Gasteiger partial charge in [-0.25, -0.2) is 0 Å². The van der Waals surface area contributed by atoms with Gasteiger partial charge in [0.25, 0.3) is 0 Å². The molecule has 102 valence electrons. The lowest BCUT2D eigenvalue weighted by atomic mass is 10.0. The highest BCUT2D eigenvalue weighted by molar-refractivity contribution is 7.16. The fourth-order valence-electron chi connectivity index (χ4n) is 1.88. The van der Waals surface area contributed by atoms with E-state index < -0.39 is 0 Å². The SMILES string of the molecule is COc1ccc(Cl)cc1CC(NN)c1ccc(Cl)s1. The molecule has 6 heteroatoms. The molecule has 1 atom stereocenters. The van der Waals surface area contributed by atoms with E-state index in [4.69, 9.17) is 33.8 Å². The number of nitrogens with one attached hydrogen (secondary N) is 1. The van der Waals surface area contributed by atoms with Crippen molar-refractivity contribution in [2.24, 2.45) is 5.84 Å². The molecule has 0 amide bonds. The van der Waals surface area contributed by atoms with Crippen molar-refractivity contribution in [2.75, 3.05) is 7.11 Å². The molecule has 0 bridgehead atoms. The third-order valence-corrected chi connectivity index (χ3v) is 4.39. The minimum atomic E-state index is -0.0233. The van der Waals surface area contributed by atoms with Gasteiger partial charge in [0, 0.05) is 9.90 Å². The Morgan fingerprint density at radius 1 is 1.32 bits per heavy atom. The Kier molecular flexibility index (Phi) is 5.07. The van der Waals surface area contributed by atoms with E-state index in [1.165, 1.54) is 11.3 Å². The number of methoxy groups -OCH3 is 1. The summed E-state index contributed by atoms with van der Waals surface area (Å²) in [5, 5.41) is 0.677. The summed E-state index contributed by atoms with van der Waals surface area (Å²) >= 11 is 13.5. The van der Waals surface area contributed by atoms with Gasteiger partial charge in [-0.1, -0.05) is 23.2 Å². The molecule has 2 rings (SSSR count). The van der Waals surface area contributed by atoms with Gasteiger partial charge in [-0.05, 0) is 42.3 Å². The number of benzene rings is 1. The molecule has 1 aromatic heterocycles. The molecule has 1 aromatic carbocycles. The van der Waals surface area contributed by atoms with Crippen LogP contribution in [0.1, 0.15) is 16.5 Å². The molecule has 1 heterocycles. The second kappa shape index (κ2) is 6.59. The highest BCUT2D eigenvalue weighted by Gasteiger charge is 2.15. The lowest BCUT2D eigenvalue weighted by Gasteiger charge is -2.16. The van der Waals surface area contributed by atoms with Crippen LogP contribution in [-0.4, -0.2) is 7.11 Å². The molecule has 19 heavy (non-hydrogen) atoms. The third kappa shape index (κ3) is 3.61. The van der Waals surface area contributed by atoms with Crippen molar-refractivity contribution >= 4 is 34.5 Å². The molecule has 1 unspecified atom stereocenters. The van der Waals surface area contributed by atoms with E-state index in [-0.39, 0.29) is 6.04 Å². The average Bonchev–Trinajstić information content (AvgIpc) is 2.82. The summed E-state index contributed by atoms with van der Waals surface area (Å²) in [6, 6.07) is 9.35.